The zero-order valence-corrected chi connectivity index (χ0v) is 7.47. The van der Waals surface area contributed by atoms with Crippen LogP contribution in [0.4, 0.5) is 0 Å². The standard InChI is InChI=1S/C8H12N4O/c1-12(5-2-9)8(13)7-6-10-3-4-11-7/h3-4,6H,2,5,9H2,1H3. The minimum Gasteiger partial charge on any atom is -0.339 e. The number of aromatic nitrogens is 2. The van der Waals surface area contributed by atoms with Crippen molar-refractivity contribution < 1.29 is 4.79 Å². The maximum Gasteiger partial charge on any atom is 0.273 e. The van der Waals surface area contributed by atoms with Crippen molar-refractivity contribution in [3.8, 4) is 0 Å². The van der Waals surface area contributed by atoms with Crippen LogP contribution in [0.25, 0.3) is 0 Å². The molecule has 0 fully saturated rings. The van der Waals surface area contributed by atoms with Crippen LogP contribution in [0.3, 0.4) is 0 Å². The Labute approximate surface area is 76.6 Å². The predicted octanol–water partition coefficient (Wildman–Crippen LogP) is -0.493. The first kappa shape index (κ1) is 9.60. The number of hydrogen-bond acceptors (Lipinski definition) is 4. The predicted molar refractivity (Wildman–Crippen MR) is 48.0 cm³/mol. The minimum atomic E-state index is -0.154. The van der Waals surface area contributed by atoms with Crippen molar-refractivity contribution in [3.63, 3.8) is 0 Å². The molecule has 1 aromatic heterocycles. The fraction of sp³-hybridized carbons (Fsp3) is 0.375. The monoisotopic (exact) mass is 180 g/mol. The van der Waals surface area contributed by atoms with Gasteiger partial charge in [-0.05, 0) is 0 Å². The summed E-state index contributed by atoms with van der Waals surface area (Å²) in [6, 6.07) is 0. The minimum absolute atomic E-state index is 0.154. The van der Waals surface area contributed by atoms with Crippen molar-refractivity contribution >= 4 is 5.91 Å². The second-order valence-corrected chi connectivity index (χ2v) is 2.61. The Kier molecular flexibility index (Phi) is 3.33. The molecule has 0 saturated carbocycles. The van der Waals surface area contributed by atoms with E-state index in [0.717, 1.165) is 0 Å². The lowest BCUT2D eigenvalue weighted by Gasteiger charge is -2.14. The highest BCUT2D eigenvalue weighted by Gasteiger charge is 2.11. The summed E-state index contributed by atoms with van der Waals surface area (Å²) in [6.07, 6.45) is 4.46. The highest BCUT2D eigenvalue weighted by Crippen LogP contribution is 1.95. The van der Waals surface area contributed by atoms with Crippen molar-refractivity contribution in [2.75, 3.05) is 20.1 Å². The first-order valence-electron chi connectivity index (χ1n) is 3.97. The molecule has 0 atom stereocenters. The molecule has 0 aliphatic rings. The van der Waals surface area contributed by atoms with E-state index in [2.05, 4.69) is 9.97 Å². The molecule has 5 heteroatoms. The van der Waals surface area contributed by atoms with E-state index in [0.29, 0.717) is 18.8 Å². The zero-order valence-electron chi connectivity index (χ0n) is 7.47. The van der Waals surface area contributed by atoms with Gasteiger partial charge in [-0.3, -0.25) is 9.78 Å². The molecule has 0 saturated heterocycles. The van der Waals surface area contributed by atoms with Gasteiger partial charge in [-0.25, -0.2) is 4.98 Å². The molecule has 13 heavy (non-hydrogen) atoms. The van der Waals surface area contributed by atoms with Crippen LogP contribution >= 0.6 is 0 Å². The molecule has 1 aromatic rings. The Morgan fingerprint density at radius 2 is 2.38 bits per heavy atom. The molecule has 5 nitrogen and oxygen atoms in total. The van der Waals surface area contributed by atoms with Gasteiger partial charge in [-0.2, -0.15) is 0 Å². The Hall–Kier alpha value is -1.49. The van der Waals surface area contributed by atoms with Crippen LogP contribution < -0.4 is 5.73 Å². The summed E-state index contributed by atoms with van der Waals surface area (Å²) in [6.45, 7) is 0.970. The third-order valence-electron chi connectivity index (χ3n) is 1.59. The van der Waals surface area contributed by atoms with E-state index in [-0.39, 0.29) is 5.91 Å². The van der Waals surface area contributed by atoms with Crippen molar-refractivity contribution in [1.29, 1.82) is 0 Å². The van der Waals surface area contributed by atoms with Crippen molar-refractivity contribution in [1.82, 2.24) is 14.9 Å². The average Bonchev–Trinajstić information content (AvgIpc) is 2.18. The van der Waals surface area contributed by atoms with Crippen molar-refractivity contribution in [2.24, 2.45) is 5.73 Å². The number of rotatable bonds is 3. The van der Waals surface area contributed by atoms with Gasteiger partial charge in [0.1, 0.15) is 5.69 Å². The van der Waals surface area contributed by atoms with E-state index < -0.39 is 0 Å². The normalized spacial score (nSPS) is 9.69. The van der Waals surface area contributed by atoms with E-state index in [9.17, 15) is 4.79 Å². The van der Waals surface area contributed by atoms with E-state index in [1.165, 1.54) is 23.5 Å². The van der Waals surface area contributed by atoms with Crippen molar-refractivity contribution in [2.45, 2.75) is 0 Å². The number of nitrogens with two attached hydrogens (primary N) is 1. The van der Waals surface area contributed by atoms with Crippen LogP contribution in [0.2, 0.25) is 0 Å². The third kappa shape index (κ3) is 2.48. The molecule has 0 bridgehead atoms. The molecule has 0 unspecified atom stereocenters. The summed E-state index contributed by atoms with van der Waals surface area (Å²) < 4.78 is 0. The second kappa shape index (κ2) is 4.51. The fourth-order valence-electron chi connectivity index (χ4n) is 0.900. The Morgan fingerprint density at radius 1 is 1.62 bits per heavy atom. The number of carbonyl (C=O) groups excluding carboxylic acids is 1. The van der Waals surface area contributed by atoms with Gasteiger partial charge in [0.05, 0.1) is 6.20 Å². The SMILES string of the molecule is CN(CCN)C(=O)c1cnccn1. The van der Waals surface area contributed by atoms with Crippen LogP contribution in [-0.4, -0.2) is 40.9 Å². The molecular weight excluding hydrogens is 168 g/mol. The summed E-state index contributed by atoms with van der Waals surface area (Å²) in [4.78, 5) is 20.7. The highest BCUT2D eigenvalue weighted by molar-refractivity contribution is 5.91. The van der Waals surface area contributed by atoms with Gasteiger partial charge >= 0.3 is 0 Å². The van der Waals surface area contributed by atoms with Crippen LogP contribution in [0, 0.1) is 0 Å². The second-order valence-electron chi connectivity index (χ2n) is 2.61. The van der Waals surface area contributed by atoms with Gasteiger partial charge in [-0.15, -0.1) is 0 Å². The molecular formula is C8H12N4O. The van der Waals surface area contributed by atoms with Crippen LogP contribution in [-0.2, 0) is 0 Å². The van der Waals surface area contributed by atoms with Gasteiger partial charge < -0.3 is 10.6 Å². The Bertz CT molecular complexity index is 275. The molecule has 0 aliphatic heterocycles. The highest BCUT2D eigenvalue weighted by atomic mass is 16.2. The molecule has 70 valence electrons. The lowest BCUT2D eigenvalue weighted by atomic mass is 10.4. The fourth-order valence-corrected chi connectivity index (χ4v) is 0.900. The molecule has 1 heterocycles. The van der Waals surface area contributed by atoms with Crippen LogP contribution in [0.5, 0.6) is 0 Å². The maximum absolute atomic E-state index is 11.5. The molecule has 1 rings (SSSR count). The smallest absolute Gasteiger partial charge is 0.273 e. The van der Waals surface area contributed by atoms with Crippen molar-refractivity contribution in [3.05, 3.63) is 24.3 Å². The summed E-state index contributed by atoms with van der Waals surface area (Å²) >= 11 is 0. The first-order chi connectivity index (χ1) is 6.25. The maximum atomic E-state index is 11.5. The summed E-state index contributed by atoms with van der Waals surface area (Å²) in [5.41, 5.74) is 5.66. The third-order valence-corrected chi connectivity index (χ3v) is 1.59. The molecule has 0 aromatic carbocycles. The number of carbonyl (C=O) groups is 1. The van der Waals surface area contributed by atoms with Gasteiger partial charge in [0, 0.05) is 32.5 Å². The van der Waals surface area contributed by atoms with E-state index in [1.54, 1.807) is 7.05 Å². The summed E-state index contributed by atoms with van der Waals surface area (Å²) in [5.74, 6) is -0.154. The number of likely N-dealkylation sites (N-methyl/N-ethyl adjacent to an activating group) is 1. The van der Waals surface area contributed by atoms with E-state index in [1.807, 2.05) is 0 Å². The largest absolute Gasteiger partial charge is 0.339 e. The topological polar surface area (TPSA) is 72.1 Å². The van der Waals surface area contributed by atoms with Gasteiger partial charge in [-0.1, -0.05) is 0 Å². The number of hydrogen-bond donors (Lipinski definition) is 1. The van der Waals surface area contributed by atoms with Crippen LogP contribution in [0.15, 0.2) is 18.6 Å². The molecule has 2 N–H and O–H groups in total. The summed E-state index contributed by atoms with van der Waals surface area (Å²) in [5, 5.41) is 0. The molecule has 0 radical (unpaired) electrons. The van der Waals surface area contributed by atoms with Gasteiger partial charge in [0.25, 0.3) is 5.91 Å². The average molecular weight is 180 g/mol. The molecule has 0 spiro atoms. The lowest BCUT2D eigenvalue weighted by molar-refractivity contribution is 0.0793. The molecule has 1 amide bonds. The lowest BCUT2D eigenvalue weighted by Crippen LogP contribution is -2.32. The van der Waals surface area contributed by atoms with E-state index >= 15 is 0 Å². The summed E-state index contributed by atoms with van der Waals surface area (Å²) in [7, 11) is 1.68. The Balaban J connectivity index is 2.68. The first-order valence-corrected chi connectivity index (χ1v) is 3.97. The van der Waals surface area contributed by atoms with Gasteiger partial charge in [0.15, 0.2) is 0 Å². The van der Waals surface area contributed by atoms with E-state index in [4.69, 9.17) is 5.73 Å². The number of amides is 1. The van der Waals surface area contributed by atoms with Gasteiger partial charge in [0.2, 0.25) is 0 Å². The Morgan fingerprint density at radius 3 is 2.92 bits per heavy atom. The van der Waals surface area contributed by atoms with Crippen LogP contribution in [0.1, 0.15) is 10.5 Å². The number of nitrogens with zero attached hydrogens (tertiary/aromatic N) is 3. The molecule has 0 aliphatic carbocycles. The zero-order chi connectivity index (χ0) is 9.68. The quantitative estimate of drug-likeness (QED) is 0.681.